The van der Waals surface area contributed by atoms with Crippen molar-refractivity contribution in [2.24, 2.45) is 11.1 Å². The number of hydrogen-bond donors (Lipinski definition) is 1. The van der Waals surface area contributed by atoms with Gasteiger partial charge in [-0.05, 0) is 44.6 Å². The first-order chi connectivity index (χ1) is 7.08. The van der Waals surface area contributed by atoms with Crippen LogP contribution < -0.4 is 5.73 Å². The molecule has 1 saturated heterocycles. The van der Waals surface area contributed by atoms with E-state index in [2.05, 4.69) is 32.6 Å². The first-order valence-corrected chi connectivity index (χ1v) is 6.58. The molecule has 1 rings (SSSR count). The Bertz CT molecular complexity index is 187. The van der Waals surface area contributed by atoms with Crippen LogP contribution in [0, 0.1) is 5.41 Å². The lowest BCUT2D eigenvalue weighted by Gasteiger charge is -2.32. The van der Waals surface area contributed by atoms with Gasteiger partial charge in [0.15, 0.2) is 0 Å². The molecule has 1 heterocycles. The summed E-state index contributed by atoms with van der Waals surface area (Å²) in [5, 5.41) is 0. The molecule has 90 valence electrons. The maximum absolute atomic E-state index is 6.13. The highest BCUT2D eigenvalue weighted by Crippen LogP contribution is 2.37. The Labute approximate surface area is 95.2 Å². The minimum absolute atomic E-state index is 0.342. The van der Waals surface area contributed by atoms with Crippen molar-refractivity contribution < 1.29 is 0 Å². The summed E-state index contributed by atoms with van der Waals surface area (Å²) < 4.78 is 0. The smallest absolute Gasteiger partial charge is 0.0219 e. The fourth-order valence-corrected chi connectivity index (χ4v) is 2.76. The molecular formula is C13H28N2. The van der Waals surface area contributed by atoms with E-state index in [1.54, 1.807) is 0 Å². The van der Waals surface area contributed by atoms with Gasteiger partial charge in [0.1, 0.15) is 0 Å². The van der Waals surface area contributed by atoms with E-state index in [9.17, 15) is 0 Å². The van der Waals surface area contributed by atoms with Crippen LogP contribution >= 0.6 is 0 Å². The molecule has 15 heavy (non-hydrogen) atoms. The first kappa shape index (κ1) is 13.0. The van der Waals surface area contributed by atoms with Crippen molar-refractivity contribution in [1.29, 1.82) is 0 Å². The largest absolute Gasteiger partial charge is 0.326 e. The molecule has 2 unspecified atom stereocenters. The molecule has 1 aliphatic heterocycles. The first-order valence-electron chi connectivity index (χ1n) is 6.58. The second-order valence-electron chi connectivity index (χ2n) is 5.24. The van der Waals surface area contributed by atoms with Crippen LogP contribution in [0.1, 0.15) is 53.4 Å². The van der Waals surface area contributed by atoms with Gasteiger partial charge in [-0.3, -0.25) is 4.90 Å². The van der Waals surface area contributed by atoms with Crippen molar-refractivity contribution >= 4 is 0 Å². The van der Waals surface area contributed by atoms with Crippen LogP contribution in [0.2, 0.25) is 0 Å². The quantitative estimate of drug-likeness (QED) is 0.759. The highest BCUT2D eigenvalue weighted by atomic mass is 15.2. The second-order valence-corrected chi connectivity index (χ2v) is 5.24. The minimum atomic E-state index is 0.342. The SMILES string of the molecule is CCC(N)C(C)N1CCC(CC)(CC)C1. The Hall–Kier alpha value is -0.0800. The van der Waals surface area contributed by atoms with E-state index in [1.165, 1.54) is 32.4 Å². The fraction of sp³-hybridized carbons (Fsp3) is 1.00. The molecule has 0 aliphatic carbocycles. The maximum Gasteiger partial charge on any atom is 0.0219 e. The van der Waals surface area contributed by atoms with Gasteiger partial charge in [-0.1, -0.05) is 20.8 Å². The van der Waals surface area contributed by atoms with Crippen LogP contribution in [-0.4, -0.2) is 30.1 Å². The van der Waals surface area contributed by atoms with E-state index in [0.29, 0.717) is 17.5 Å². The van der Waals surface area contributed by atoms with Crippen LogP contribution in [0.15, 0.2) is 0 Å². The predicted molar refractivity (Wildman–Crippen MR) is 66.9 cm³/mol. The third kappa shape index (κ3) is 2.73. The van der Waals surface area contributed by atoms with Crippen LogP contribution in [0.3, 0.4) is 0 Å². The van der Waals surface area contributed by atoms with Crippen molar-refractivity contribution in [2.75, 3.05) is 13.1 Å². The zero-order valence-electron chi connectivity index (χ0n) is 10.9. The molecule has 2 heteroatoms. The minimum Gasteiger partial charge on any atom is -0.326 e. The molecule has 0 saturated carbocycles. The summed E-state index contributed by atoms with van der Waals surface area (Å²) in [6.07, 6.45) is 5.08. The molecule has 1 aliphatic rings. The zero-order chi connectivity index (χ0) is 11.5. The number of nitrogens with two attached hydrogens (primary N) is 1. The average molecular weight is 212 g/mol. The summed E-state index contributed by atoms with van der Waals surface area (Å²) in [6, 6.07) is 0.893. The average Bonchev–Trinajstić information content (AvgIpc) is 2.72. The van der Waals surface area contributed by atoms with Crippen LogP contribution in [0.5, 0.6) is 0 Å². The van der Waals surface area contributed by atoms with Crippen LogP contribution in [0.25, 0.3) is 0 Å². The standard InChI is InChI=1S/C13H28N2/c1-5-12(14)11(4)15-9-8-13(6-2,7-3)10-15/h11-12H,5-10,14H2,1-4H3. The van der Waals surface area contributed by atoms with Gasteiger partial charge in [-0.2, -0.15) is 0 Å². The number of rotatable bonds is 5. The van der Waals surface area contributed by atoms with Crippen molar-refractivity contribution in [2.45, 2.75) is 65.5 Å². The van der Waals surface area contributed by atoms with Crippen LogP contribution in [0.4, 0.5) is 0 Å². The molecule has 1 fully saturated rings. The number of hydrogen-bond acceptors (Lipinski definition) is 2. The molecule has 0 aromatic carbocycles. The molecule has 0 amide bonds. The lowest BCUT2D eigenvalue weighted by molar-refractivity contribution is 0.182. The molecule has 2 atom stereocenters. The molecule has 0 spiro atoms. The van der Waals surface area contributed by atoms with Gasteiger partial charge in [0, 0.05) is 18.6 Å². The lowest BCUT2D eigenvalue weighted by Crippen LogP contribution is -2.45. The van der Waals surface area contributed by atoms with Gasteiger partial charge in [0.25, 0.3) is 0 Å². The summed E-state index contributed by atoms with van der Waals surface area (Å²) in [4.78, 5) is 2.60. The van der Waals surface area contributed by atoms with E-state index in [0.717, 1.165) is 6.42 Å². The Morgan fingerprint density at radius 2 is 1.87 bits per heavy atom. The van der Waals surface area contributed by atoms with Gasteiger partial charge in [-0.15, -0.1) is 0 Å². The lowest BCUT2D eigenvalue weighted by atomic mass is 9.82. The highest BCUT2D eigenvalue weighted by molar-refractivity contribution is 4.92. The third-order valence-electron chi connectivity index (χ3n) is 4.63. The Balaban J connectivity index is 2.55. The topological polar surface area (TPSA) is 29.3 Å². The molecular weight excluding hydrogens is 184 g/mol. The summed E-state index contributed by atoms with van der Waals surface area (Å²) >= 11 is 0. The van der Waals surface area contributed by atoms with Crippen molar-refractivity contribution in [3.8, 4) is 0 Å². The van der Waals surface area contributed by atoms with Gasteiger partial charge in [-0.25, -0.2) is 0 Å². The number of nitrogens with zero attached hydrogens (tertiary/aromatic N) is 1. The zero-order valence-corrected chi connectivity index (χ0v) is 10.9. The van der Waals surface area contributed by atoms with E-state index in [-0.39, 0.29) is 0 Å². The molecule has 0 radical (unpaired) electrons. The molecule has 0 bridgehead atoms. The Morgan fingerprint density at radius 3 is 2.27 bits per heavy atom. The van der Waals surface area contributed by atoms with Crippen molar-refractivity contribution in [1.82, 2.24) is 4.90 Å². The Morgan fingerprint density at radius 1 is 1.27 bits per heavy atom. The van der Waals surface area contributed by atoms with Gasteiger partial charge in [0.2, 0.25) is 0 Å². The molecule has 2 nitrogen and oxygen atoms in total. The third-order valence-corrected chi connectivity index (χ3v) is 4.63. The van der Waals surface area contributed by atoms with Crippen LogP contribution in [-0.2, 0) is 0 Å². The maximum atomic E-state index is 6.13. The molecule has 2 N–H and O–H groups in total. The summed E-state index contributed by atoms with van der Waals surface area (Å²) in [5.41, 5.74) is 6.71. The number of likely N-dealkylation sites (tertiary alicyclic amines) is 1. The van der Waals surface area contributed by atoms with Gasteiger partial charge < -0.3 is 5.73 Å². The second kappa shape index (κ2) is 5.31. The van der Waals surface area contributed by atoms with Gasteiger partial charge in [0.05, 0.1) is 0 Å². The monoisotopic (exact) mass is 212 g/mol. The summed E-state index contributed by atoms with van der Waals surface area (Å²) in [5.74, 6) is 0. The highest BCUT2D eigenvalue weighted by Gasteiger charge is 2.37. The molecule has 0 aromatic rings. The van der Waals surface area contributed by atoms with E-state index < -0.39 is 0 Å². The van der Waals surface area contributed by atoms with Crippen molar-refractivity contribution in [3.05, 3.63) is 0 Å². The van der Waals surface area contributed by atoms with E-state index in [4.69, 9.17) is 5.73 Å². The fourth-order valence-electron chi connectivity index (χ4n) is 2.76. The van der Waals surface area contributed by atoms with Gasteiger partial charge >= 0.3 is 0 Å². The van der Waals surface area contributed by atoms with E-state index in [1.807, 2.05) is 0 Å². The normalized spacial score (nSPS) is 25.4. The predicted octanol–water partition coefficient (Wildman–Crippen LogP) is 2.62. The Kier molecular flexibility index (Phi) is 4.60. The summed E-state index contributed by atoms with van der Waals surface area (Å²) in [7, 11) is 0. The van der Waals surface area contributed by atoms with E-state index >= 15 is 0 Å². The van der Waals surface area contributed by atoms with Crippen molar-refractivity contribution in [3.63, 3.8) is 0 Å². The summed E-state index contributed by atoms with van der Waals surface area (Å²) in [6.45, 7) is 11.6. The molecule has 0 aromatic heterocycles.